The number of carbonyl (C=O) groups excluding carboxylic acids is 1. The first-order valence-corrected chi connectivity index (χ1v) is 3.42. The molecule has 0 aromatic rings. The van der Waals surface area contributed by atoms with Gasteiger partial charge in [0.1, 0.15) is 0 Å². The smallest absolute Gasteiger partial charge is 0.422 e. The van der Waals surface area contributed by atoms with E-state index in [1.54, 1.807) is 0 Å². The quantitative estimate of drug-likeness (QED) is 0.688. The molecule has 1 N–H and O–H groups in total. The summed E-state index contributed by atoms with van der Waals surface area (Å²) in [7, 11) is 1.41. The fourth-order valence-electron chi connectivity index (χ4n) is 0.454. The van der Waals surface area contributed by atoms with Gasteiger partial charge in [0.05, 0.1) is 6.61 Å². The molecule has 0 aromatic carbocycles. The molecule has 1 amide bonds. The van der Waals surface area contributed by atoms with Crippen molar-refractivity contribution >= 4 is 6.09 Å². The van der Waals surface area contributed by atoms with Crippen molar-refractivity contribution in [1.29, 1.82) is 0 Å². The van der Waals surface area contributed by atoms with Gasteiger partial charge in [-0.3, -0.25) is 0 Å². The lowest BCUT2D eigenvalue weighted by Gasteiger charge is -2.08. The second-order valence-corrected chi connectivity index (χ2v) is 2.11. The number of ether oxygens (including phenoxy) is 2. The molecule has 7 heteroatoms. The van der Waals surface area contributed by atoms with E-state index in [0.29, 0.717) is 0 Å². The number of alkyl carbamates (subject to hydrolysis) is 1. The van der Waals surface area contributed by atoms with Crippen LogP contribution in [0.3, 0.4) is 0 Å². The van der Waals surface area contributed by atoms with Crippen molar-refractivity contribution in [3.63, 3.8) is 0 Å². The van der Waals surface area contributed by atoms with Gasteiger partial charge in [-0.25, -0.2) is 4.79 Å². The van der Waals surface area contributed by atoms with E-state index in [9.17, 15) is 18.0 Å². The summed E-state index contributed by atoms with van der Waals surface area (Å²) in [6, 6.07) is 0. The van der Waals surface area contributed by atoms with Gasteiger partial charge in [-0.1, -0.05) is 0 Å². The molecule has 0 aliphatic rings. The summed E-state index contributed by atoms with van der Waals surface area (Å²) in [5, 5.41) is 2.07. The fraction of sp³-hybridized carbons (Fsp3) is 0.833. The zero-order valence-electron chi connectivity index (χ0n) is 6.98. The SMILES string of the molecule is COCCNC(=O)OCC(F)(F)F. The summed E-state index contributed by atoms with van der Waals surface area (Å²) >= 11 is 0. The maximum Gasteiger partial charge on any atom is 0.422 e. The first-order chi connectivity index (χ1) is 5.95. The van der Waals surface area contributed by atoms with Gasteiger partial charge in [-0.15, -0.1) is 0 Å². The van der Waals surface area contributed by atoms with Crippen LogP contribution in [0.15, 0.2) is 0 Å². The van der Waals surface area contributed by atoms with E-state index in [2.05, 4.69) is 14.8 Å². The van der Waals surface area contributed by atoms with E-state index >= 15 is 0 Å². The molecule has 0 saturated heterocycles. The van der Waals surface area contributed by atoms with E-state index in [-0.39, 0.29) is 13.2 Å². The van der Waals surface area contributed by atoms with Crippen molar-refractivity contribution in [2.45, 2.75) is 6.18 Å². The second-order valence-electron chi connectivity index (χ2n) is 2.11. The Labute approximate surface area is 73.0 Å². The van der Waals surface area contributed by atoms with E-state index < -0.39 is 18.9 Å². The number of halogens is 3. The van der Waals surface area contributed by atoms with Gasteiger partial charge >= 0.3 is 12.3 Å². The standard InChI is InChI=1S/C6H10F3NO3/c1-12-3-2-10-5(11)13-4-6(7,8)9/h2-4H2,1H3,(H,10,11). The van der Waals surface area contributed by atoms with Crippen LogP contribution in [-0.2, 0) is 9.47 Å². The molecule has 78 valence electrons. The lowest BCUT2D eigenvalue weighted by molar-refractivity contribution is -0.160. The monoisotopic (exact) mass is 201 g/mol. The number of alkyl halides is 3. The molecule has 0 rings (SSSR count). The third-order valence-electron chi connectivity index (χ3n) is 0.942. The molecule has 0 fully saturated rings. The van der Waals surface area contributed by atoms with Crippen molar-refractivity contribution in [2.24, 2.45) is 0 Å². The number of nitrogens with one attached hydrogen (secondary N) is 1. The van der Waals surface area contributed by atoms with Gasteiger partial charge in [0.15, 0.2) is 6.61 Å². The minimum Gasteiger partial charge on any atom is -0.440 e. The highest BCUT2D eigenvalue weighted by atomic mass is 19.4. The third kappa shape index (κ3) is 8.93. The summed E-state index contributed by atoms with van der Waals surface area (Å²) in [6.07, 6.45) is -5.59. The number of carbonyl (C=O) groups is 1. The molecule has 0 aromatic heterocycles. The molecule has 0 aliphatic heterocycles. The van der Waals surface area contributed by atoms with Crippen LogP contribution in [0.25, 0.3) is 0 Å². The highest BCUT2D eigenvalue weighted by molar-refractivity contribution is 5.67. The van der Waals surface area contributed by atoms with Crippen molar-refractivity contribution in [3.8, 4) is 0 Å². The highest BCUT2D eigenvalue weighted by Crippen LogP contribution is 2.14. The van der Waals surface area contributed by atoms with Crippen LogP contribution in [0.5, 0.6) is 0 Å². The van der Waals surface area contributed by atoms with E-state index in [0.717, 1.165) is 0 Å². The molecular formula is C6H10F3NO3. The van der Waals surface area contributed by atoms with Crippen molar-refractivity contribution < 1.29 is 27.4 Å². The van der Waals surface area contributed by atoms with Gasteiger partial charge in [-0.2, -0.15) is 13.2 Å². The summed E-state index contributed by atoms with van der Waals surface area (Å²) in [4.78, 5) is 10.5. The highest BCUT2D eigenvalue weighted by Gasteiger charge is 2.29. The molecule has 4 nitrogen and oxygen atoms in total. The van der Waals surface area contributed by atoms with Crippen molar-refractivity contribution in [1.82, 2.24) is 5.32 Å². The van der Waals surface area contributed by atoms with Crippen LogP contribution in [0.4, 0.5) is 18.0 Å². The lowest BCUT2D eigenvalue weighted by Crippen LogP contribution is -2.31. The third-order valence-corrected chi connectivity index (χ3v) is 0.942. The molecule has 0 atom stereocenters. The number of hydrogen-bond acceptors (Lipinski definition) is 3. The average molecular weight is 201 g/mol. The molecular weight excluding hydrogens is 191 g/mol. The topological polar surface area (TPSA) is 47.6 Å². The fourth-order valence-corrected chi connectivity index (χ4v) is 0.454. The van der Waals surface area contributed by atoms with Gasteiger partial charge in [0, 0.05) is 13.7 Å². The Morgan fingerprint density at radius 2 is 2.08 bits per heavy atom. The predicted molar refractivity (Wildman–Crippen MR) is 37.3 cm³/mol. The van der Waals surface area contributed by atoms with Gasteiger partial charge in [0.2, 0.25) is 0 Å². The van der Waals surface area contributed by atoms with Crippen LogP contribution >= 0.6 is 0 Å². The second kappa shape index (κ2) is 5.63. The zero-order valence-corrected chi connectivity index (χ0v) is 6.98. The number of hydrogen-bond donors (Lipinski definition) is 1. The number of methoxy groups -OCH3 is 1. The first kappa shape index (κ1) is 12.0. The number of amides is 1. The molecule has 0 saturated carbocycles. The maximum absolute atomic E-state index is 11.5. The summed E-state index contributed by atoms with van der Waals surface area (Å²) in [6.45, 7) is -1.24. The van der Waals surface area contributed by atoms with Crippen molar-refractivity contribution in [2.75, 3.05) is 26.9 Å². The Bertz CT molecular complexity index is 160. The van der Waals surface area contributed by atoms with Crippen molar-refractivity contribution in [3.05, 3.63) is 0 Å². The van der Waals surface area contributed by atoms with Crippen LogP contribution in [0.1, 0.15) is 0 Å². The van der Waals surface area contributed by atoms with E-state index in [1.165, 1.54) is 7.11 Å². The molecule has 0 aliphatic carbocycles. The Kier molecular flexibility index (Phi) is 5.20. The maximum atomic E-state index is 11.5. The summed E-state index contributed by atoms with van der Waals surface area (Å²) in [5.41, 5.74) is 0. The predicted octanol–water partition coefficient (Wildman–Crippen LogP) is 0.921. The molecule has 0 spiro atoms. The van der Waals surface area contributed by atoms with E-state index in [4.69, 9.17) is 0 Å². The Balaban J connectivity index is 3.41. The lowest BCUT2D eigenvalue weighted by atomic mass is 10.7. The van der Waals surface area contributed by atoms with Gasteiger partial charge < -0.3 is 14.8 Å². The zero-order chi connectivity index (χ0) is 10.3. The van der Waals surface area contributed by atoms with Crippen LogP contribution < -0.4 is 5.32 Å². The minimum atomic E-state index is -4.49. The Hall–Kier alpha value is -0.980. The van der Waals surface area contributed by atoms with Crippen LogP contribution in [-0.4, -0.2) is 39.1 Å². The molecule has 0 unspecified atom stereocenters. The molecule has 0 bridgehead atoms. The molecule has 0 radical (unpaired) electrons. The Morgan fingerprint density at radius 3 is 2.54 bits per heavy atom. The summed E-state index contributed by atoms with van der Waals surface area (Å²) in [5.74, 6) is 0. The van der Waals surface area contributed by atoms with Crippen LogP contribution in [0.2, 0.25) is 0 Å². The molecule has 13 heavy (non-hydrogen) atoms. The first-order valence-electron chi connectivity index (χ1n) is 3.42. The number of rotatable bonds is 4. The normalized spacial score (nSPS) is 11.1. The Morgan fingerprint density at radius 1 is 1.46 bits per heavy atom. The molecule has 0 heterocycles. The largest absolute Gasteiger partial charge is 0.440 e. The van der Waals surface area contributed by atoms with Gasteiger partial charge in [0.25, 0.3) is 0 Å². The van der Waals surface area contributed by atoms with Gasteiger partial charge in [-0.05, 0) is 0 Å². The average Bonchev–Trinajstić information content (AvgIpc) is 2.00. The summed E-state index contributed by atoms with van der Waals surface area (Å²) < 4.78 is 42.8. The van der Waals surface area contributed by atoms with Crippen LogP contribution in [0, 0.1) is 0 Å². The minimum absolute atomic E-state index is 0.118. The van der Waals surface area contributed by atoms with E-state index in [1.807, 2.05) is 0 Å².